The number of ether oxygens (including phenoxy) is 5. The number of rotatable bonds is 11. The Kier molecular flexibility index (Phi) is 11.0. The number of nitrogens with zero attached hydrogens (tertiary/aromatic N) is 3. The van der Waals surface area contributed by atoms with Gasteiger partial charge in [0.05, 0.1) is 60.4 Å². The maximum atomic E-state index is 14.1. The van der Waals surface area contributed by atoms with Gasteiger partial charge >= 0.3 is 5.97 Å². The number of amides is 1. The molecule has 1 saturated heterocycles. The van der Waals surface area contributed by atoms with Crippen LogP contribution in [0.25, 0.3) is 6.08 Å². The molecule has 5 rings (SSSR count). The fraction of sp³-hybridized carbons (Fsp3) is 0.394. The van der Waals surface area contributed by atoms with Crippen LogP contribution in [0, 0.1) is 0 Å². The van der Waals surface area contributed by atoms with Gasteiger partial charge in [0, 0.05) is 13.1 Å². The molecule has 46 heavy (non-hydrogen) atoms. The summed E-state index contributed by atoms with van der Waals surface area (Å²) in [6.07, 6.45) is 3.05. The third-order valence-electron chi connectivity index (χ3n) is 7.58. The van der Waals surface area contributed by atoms with Crippen molar-refractivity contribution in [2.24, 2.45) is 4.99 Å². The number of esters is 1. The highest BCUT2D eigenvalue weighted by molar-refractivity contribution is 9.10. The molecule has 3 heterocycles. The third kappa shape index (κ3) is 7.06. The van der Waals surface area contributed by atoms with Crippen LogP contribution < -0.4 is 29.1 Å². The number of morpholine rings is 1. The Balaban J connectivity index is 1.55. The summed E-state index contributed by atoms with van der Waals surface area (Å²) in [7, 11) is 3.09. The zero-order chi connectivity index (χ0) is 32.8. The highest BCUT2D eigenvalue weighted by Crippen LogP contribution is 2.36. The Morgan fingerprint density at radius 3 is 2.48 bits per heavy atom. The van der Waals surface area contributed by atoms with Crippen LogP contribution in [0.4, 0.5) is 0 Å². The first-order chi connectivity index (χ1) is 22.3. The van der Waals surface area contributed by atoms with E-state index in [0.29, 0.717) is 86.2 Å². The molecule has 0 N–H and O–H groups in total. The monoisotopic (exact) mass is 713 g/mol. The van der Waals surface area contributed by atoms with Crippen molar-refractivity contribution in [2.75, 3.05) is 53.7 Å². The minimum absolute atomic E-state index is 0.126. The summed E-state index contributed by atoms with van der Waals surface area (Å²) in [6.45, 7) is 5.92. The van der Waals surface area contributed by atoms with Crippen LogP contribution in [0.15, 0.2) is 61.9 Å². The van der Waals surface area contributed by atoms with Gasteiger partial charge in [-0.25, -0.2) is 9.79 Å². The zero-order valence-electron chi connectivity index (χ0n) is 26.2. The topological polar surface area (TPSA) is 118 Å². The number of carbonyl (C=O) groups excluding carboxylic acids is 2. The number of benzene rings is 2. The maximum absolute atomic E-state index is 14.1. The summed E-state index contributed by atoms with van der Waals surface area (Å²) in [4.78, 5) is 47.1. The highest BCUT2D eigenvalue weighted by Gasteiger charge is 2.34. The van der Waals surface area contributed by atoms with Gasteiger partial charge in [-0.05, 0) is 70.7 Å². The van der Waals surface area contributed by atoms with Crippen LogP contribution >= 0.6 is 27.3 Å². The normalized spacial score (nSPS) is 16.5. The summed E-state index contributed by atoms with van der Waals surface area (Å²) in [5, 5.41) is 0. The first-order valence-electron chi connectivity index (χ1n) is 15.0. The molecular weight excluding hydrogens is 678 g/mol. The lowest BCUT2D eigenvalue weighted by Gasteiger charge is -2.26. The van der Waals surface area contributed by atoms with Crippen molar-refractivity contribution in [3.8, 4) is 17.2 Å². The Bertz CT molecular complexity index is 1830. The van der Waals surface area contributed by atoms with E-state index >= 15 is 0 Å². The number of halogens is 1. The zero-order valence-corrected chi connectivity index (χ0v) is 28.6. The summed E-state index contributed by atoms with van der Waals surface area (Å²) >= 11 is 4.80. The number of hydrogen-bond donors (Lipinski definition) is 0. The van der Waals surface area contributed by atoms with Crippen molar-refractivity contribution in [3.63, 3.8) is 0 Å². The molecule has 0 aliphatic carbocycles. The van der Waals surface area contributed by atoms with Crippen LogP contribution in [-0.2, 0) is 19.1 Å². The fourth-order valence-electron chi connectivity index (χ4n) is 5.38. The molecule has 0 bridgehead atoms. The van der Waals surface area contributed by atoms with Gasteiger partial charge in [-0.2, -0.15) is 0 Å². The quantitative estimate of drug-likeness (QED) is 0.277. The number of hydrogen-bond acceptors (Lipinski definition) is 10. The molecular formula is C33H36BrN3O8S. The number of aromatic nitrogens is 1. The van der Waals surface area contributed by atoms with Gasteiger partial charge in [-0.3, -0.25) is 14.2 Å². The minimum atomic E-state index is -0.754. The van der Waals surface area contributed by atoms with Gasteiger partial charge in [0.15, 0.2) is 22.9 Å². The van der Waals surface area contributed by atoms with E-state index in [9.17, 15) is 14.4 Å². The smallest absolute Gasteiger partial charge is 0.338 e. The number of carbonyl (C=O) groups is 2. The molecule has 2 aliphatic heterocycles. The van der Waals surface area contributed by atoms with Crippen LogP contribution in [0.1, 0.15) is 43.9 Å². The Morgan fingerprint density at radius 1 is 1.07 bits per heavy atom. The first-order valence-corrected chi connectivity index (χ1v) is 16.6. The summed E-state index contributed by atoms with van der Waals surface area (Å²) in [6, 6.07) is 9.98. The van der Waals surface area contributed by atoms with Gasteiger partial charge < -0.3 is 28.6 Å². The first kappa shape index (κ1) is 33.4. The lowest BCUT2D eigenvalue weighted by Crippen LogP contribution is -2.43. The number of fused-ring (bicyclic) bond motifs is 1. The van der Waals surface area contributed by atoms with E-state index in [2.05, 4.69) is 15.9 Å². The van der Waals surface area contributed by atoms with Crippen molar-refractivity contribution in [2.45, 2.75) is 32.7 Å². The third-order valence-corrected chi connectivity index (χ3v) is 9.19. The van der Waals surface area contributed by atoms with E-state index in [4.69, 9.17) is 28.7 Å². The van der Waals surface area contributed by atoms with Crippen molar-refractivity contribution in [3.05, 3.63) is 83.0 Å². The molecule has 1 fully saturated rings. The number of thiazole rings is 1. The average Bonchev–Trinajstić information content (AvgIpc) is 3.37. The Morgan fingerprint density at radius 2 is 1.80 bits per heavy atom. The molecule has 1 atom stereocenters. The van der Waals surface area contributed by atoms with Gasteiger partial charge in [0.2, 0.25) is 0 Å². The van der Waals surface area contributed by atoms with E-state index in [1.54, 1.807) is 53.8 Å². The lowest BCUT2D eigenvalue weighted by atomic mass is 9.94. The van der Waals surface area contributed by atoms with E-state index < -0.39 is 12.0 Å². The number of methoxy groups -OCH3 is 2. The molecule has 2 aliphatic rings. The molecule has 0 spiro atoms. The maximum Gasteiger partial charge on any atom is 0.338 e. The Labute approximate surface area is 278 Å². The molecule has 2 aromatic carbocycles. The second kappa shape index (κ2) is 15.1. The van der Waals surface area contributed by atoms with Gasteiger partial charge in [-0.1, -0.05) is 36.8 Å². The van der Waals surface area contributed by atoms with Crippen molar-refractivity contribution >= 4 is 45.2 Å². The SMILES string of the molecule is CCCC1=C(C(=O)OCC)[C@@H](c2ccc(OC)c(Br)c2)n2c(s/c(=C/c3ccc(OCC(=O)N4CCOCC4)c(OC)c3)c2=O)=N1. The van der Waals surface area contributed by atoms with E-state index in [1.165, 1.54) is 18.4 Å². The van der Waals surface area contributed by atoms with Gasteiger partial charge in [0.25, 0.3) is 11.5 Å². The molecule has 13 heteroatoms. The van der Waals surface area contributed by atoms with Crippen molar-refractivity contribution in [1.82, 2.24) is 9.47 Å². The second-order valence-electron chi connectivity index (χ2n) is 10.5. The standard InChI is InChI=1S/C33H36BrN3O8S/c1-5-7-23-29(32(40)44-6-2)30(21-9-11-24(41-3)22(34)18-21)37-31(39)27(46-33(37)35-23)17-20-8-10-25(26(16-20)42-4)45-19-28(38)36-12-14-43-15-13-36/h8-11,16-18,30H,5-7,12-15,19H2,1-4H3/b27-17+/t30-/m1/s1. The fourth-order valence-corrected chi connectivity index (χ4v) is 6.96. The van der Waals surface area contributed by atoms with Crippen LogP contribution in [0.3, 0.4) is 0 Å². The molecule has 3 aromatic rings. The average molecular weight is 715 g/mol. The molecule has 0 unspecified atom stereocenters. The van der Waals surface area contributed by atoms with E-state index in [1.807, 2.05) is 19.1 Å². The van der Waals surface area contributed by atoms with E-state index in [-0.39, 0.29) is 24.7 Å². The van der Waals surface area contributed by atoms with Crippen LogP contribution in [-0.4, -0.2) is 75.1 Å². The summed E-state index contributed by atoms with van der Waals surface area (Å²) in [5.41, 5.74) is 2.04. The molecule has 244 valence electrons. The molecule has 1 aromatic heterocycles. The largest absolute Gasteiger partial charge is 0.496 e. The molecule has 0 saturated carbocycles. The molecule has 0 radical (unpaired) electrons. The molecule has 11 nitrogen and oxygen atoms in total. The van der Waals surface area contributed by atoms with Crippen LogP contribution in [0.2, 0.25) is 0 Å². The second-order valence-corrected chi connectivity index (χ2v) is 12.4. The van der Waals surface area contributed by atoms with Gasteiger partial charge in [-0.15, -0.1) is 0 Å². The van der Waals surface area contributed by atoms with Crippen LogP contribution in [0.5, 0.6) is 17.2 Å². The number of allylic oxidation sites excluding steroid dienone is 1. The van der Waals surface area contributed by atoms with E-state index in [0.717, 1.165) is 6.42 Å². The van der Waals surface area contributed by atoms with Crippen molar-refractivity contribution in [1.29, 1.82) is 0 Å². The predicted octanol–water partition coefficient (Wildman–Crippen LogP) is 3.60. The van der Waals surface area contributed by atoms with Crippen molar-refractivity contribution < 1.29 is 33.3 Å². The predicted molar refractivity (Wildman–Crippen MR) is 176 cm³/mol. The highest BCUT2D eigenvalue weighted by atomic mass is 79.9. The summed E-state index contributed by atoms with van der Waals surface area (Å²) < 4.78 is 30.3. The lowest BCUT2D eigenvalue weighted by molar-refractivity contribution is -0.139. The van der Waals surface area contributed by atoms with Gasteiger partial charge in [0.1, 0.15) is 5.75 Å². The molecule has 1 amide bonds. The Hall–Kier alpha value is -3.94. The minimum Gasteiger partial charge on any atom is -0.496 e. The summed E-state index contributed by atoms with van der Waals surface area (Å²) in [5.74, 6) is 0.827.